The quantitative estimate of drug-likeness (QED) is 0.231. The molecule has 6 heteroatoms. The van der Waals surface area contributed by atoms with Crippen molar-refractivity contribution in [2.75, 3.05) is 11.9 Å². The number of aryl methyl sites for hydroxylation is 1. The maximum Gasteiger partial charge on any atom is 0.297 e. The lowest BCUT2D eigenvalue weighted by molar-refractivity contribution is -0.111. The summed E-state index contributed by atoms with van der Waals surface area (Å²) >= 11 is 0. The topological polar surface area (TPSA) is 80.6 Å². The average molecular weight is 447 g/mol. The molecule has 1 heterocycles. The van der Waals surface area contributed by atoms with Gasteiger partial charge in [-0.15, -0.1) is 0 Å². The van der Waals surface area contributed by atoms with E-state index in [0.29, 0.717) is 23.1 Å². The van der Waals surface area contributed by atoms with Crippen molar-refractivity contribution in [2.45, 2.75) is 39.2 Å². The number of ether oxygens (including phenoxy) is 1. The third-order valence-electron chi connectivity index (χ3n) is 5.27. The van der Waals surface area contributed by atoms with E-state index in [-0.39, 0.29) is 24.0 Å². The van der Waals surface area contributed by atoms with Gasteiger partial charge in [0.25, 0.3) is 5.56 Å². The Morgan fingerprint density at radius 1 is 1.15 bits per heavy atom. The molecular weight excluding hydrogens is 416 g/mol. The van der Waals surface area contributed by atoms with Gasteiger partial charge in [-0.25, -0.2) is 0 Å². The van der Waals surface area contributed by atoms with Gasteiger partial charge in [-0.05, 0) is 36.3 Å². The smallest absolute Gasteiger partial charge is 0.297 e. The fourth-order valence-corrected chi connectivity index (χ4v) is 3.60. The zero-order valence-electron chi connectivity index (χ0n) is 18.9. The molecule has 0 fully saturated rings. The van der Waals surface area contributed by atoms with Crippen LogP contribution in [0.3, 0.4) is 0 Å². The van der Waals surface area contributed by atoms with Crippen LogP contribution in [-0.2, 0) is 11.3 Å². The van der Waals surface area contributed by atoms with E-state index in [9.17, 15) is 14.7 Å². The molecular formula is C27H30N2O4. The first kappa shape index (κ1) is 23.9. The van der Waals surface area contributed by atoms with Crippen LogP contribution >= 0.6 is 0 Å². The van der Waals surface area contributed by atoms with Gasteiger partial charge in [0.15, 0.2) is 5.75 Å². The fraction of sp³-hybridized carbons (Fsp3) is 0.259. The minimum Gasteiger partial charge on any atom is -0.504 e. The van der Waals surface area contributed by atoms with Crippen molar-refractivity contribution in [3.63, 3.8) is 0 Å². The second-order valence-corrected chi connectivity index (χ2v) is 7.76. The van der Waals surface area contributed by atoms with Gasteiger partial charge in [0.05, 0.1) is 5.52 Å². The standard InChI is InChI=1S/C27H30N2O4/c1-3-5-6-10-17-29-23-19-21(28-24(30)16-13-20-11-8-7-9-12-20)14-15-22(23)25(31)26(27(29)32)33-18-4-2/h4,7-9,11-16,19,31H,2-3,5-6,10,17-18H2,1H3,(H,28,30). The van der Waals surface area contributed by atoms with E-state index in [1.807, 2.05) is 30.3 Å². The monoisotopic (exact) mass is 446 g/mol. The van der Waals surface area contributed by atoms with E-state index >= 15 is 0 Å². The Balaban J connectivity index is 1.93. The summed E-state index contributed by atoms with van der Waals surface area (Å²) in [5.74, 6) is -0.575. The normalized spacial score (nSPS) is 11.1. The molecule has 0 aliphatic carbocycles. The van der Waals surface area contributed by atoms with Crippen LogP contribution in [0.2, 0.25) is 0 Å². The number of aromatic hydroxyl groups is 1. The third-order valence-corrected chi connectivity index (χ3v) is 5.27. The number of carbonyl (C=O) groups excluding carboxylic acids is 1. The highest BCUT2D eigenvalue weighted by Crippen LogP contribution is 2.33. The average Bonchev–Trinajstić information content (AvgIpc) is 2.83. The molecule has 172 valence electrons. The number of rotatable bonds is 11. The van der Waals surface area contributed by atoms with E-state index in [1.54, 1.807) is 28.8 Å². The number of benzene rings is 2. The van der Waals surface area contributed by atoms with Gasteiger partial charge in [0.2, 0.25) is 11.7 Å². The zero-order valence-corrected chi connectivity index (χ0v) is 18.9. The highest BCUT2D eigenvalue weighted by molar-refractivity contribution is 6.03. The molecule has 2 N–H and O–H groups in total. The summed E-state index contributed by atoms with van der Waals surface area (Å²) < 4.78 is 7.09. The predicted molar refractivity (Wildman–Crippen MR) is 134 cm³/mol. The summed E-state index contributed by atoms with van der Waals surface area (Å²) in [4.78, 5) is 25.5. The molecule has 0 bridgehead atoms. The molecule has 1 amide bonds. The van der Waals surface area contributed by atoms with Crippen molar-refractivity contribution in [1.29, 1.82) is 0 Å². The van der Waals surface area contributed by atoms with Crippen LogP contribution in [0.4, 0.5) is 5.69 Å². The Bertz CT molecular complexity index is 1200. The first-order valence-electron chi connectivity index (χ1n) is 11.2. The van der Waals surface area contributed by atoms with E-state index in [1.165, 1.54) is 12.2 Å². The van der Waals surface area contributed by atoms with Crippen molar-refractivity contribution < 1.29 is 14.6 Å². The molecule has 0 radical (unpaired) electrons. The molecule has 6 nitrogen and oxygen atoms in total. The van der Waals surface area contributed by atoms with Crippen molar-refractivity contribution in [2.24, 2.45) is 0 Å². The Kier molecular flexibility index (Phi) is 8.47. The van der Waals surface area contributed by atoms with Gasteiger partial charge >= 0.3 is 0 Å². The van der Waals surface area contributed by atoms with E-state index in [0.717, 1.165) is 31.2 Å². The Morgan fingerprint density at radius 2 is 1.94 bits per heavy atom. The van der Waals surface area contributed by atoms with Crippen LogP contribution < -0.4 is 15.6 Å². The number of unbranched alkanes of at least 4 members (excludes halogenated alkanes) is 3. The second-order valence-electron chi connectivity index (χ2n) is 7.76. The molecule has 33 heavy (non-hydrogen) atoms. The molecule has 3 aromatic rings. The number of hydrogen-bond acceptors (Lipinski definition) is 4. The van der Waals surface area contributed by atoms with Crippen molar-refractivity contribution in [1.82, 2.24) is 4.57 Å². The number of carbonyl (C=O) groups is 1. The number of aromatic nitrogens is 1. The number of pyridine rings is 1. The summed E-state index contributed by atoms with van der Waals surface area (Å²) in [5, 5.41) is 14.0. The van der Waals surface area contributed by atoms with Gasteiger partial charge < -0.3 is 19.7 Å². The van der Waals surface area contributed by atoms with Crippen LogP contribution in [0.25, 0.3) is 17.0 Å². The van der Waals surface area contributed by atoms with E-state index < -0.39 is 5.56 Å². The maximum atomic E-state index is 13.1. The van der Waals surface area contributed by atoms with Gasteiger partial charge in [0, 0.05) is 23.7 Å². The molecule has 2 aromatic carbocycles. The summed E-state index contributed by atoms with van der Waals surface area (Å²) in [5.41, 5.74) is 1.60. The van der Waals surface area contributed by atoms with Gasteiger partial charge in [-0.3, -0.25) is 9.59 Å². The lowest BCUT2D eigenvalue weighted by atomic mass is 10.1. The second kappa shape index (κ2) is 11.7. The highest BCUT2D eigenvalue weighted by Gasteiger charge is 2.18. The first-order valence-corrected chi connectivity index (χ1v) is 11.2. The highest BCUT2D eigenvalue weighted by atomic mass is 16.5. The minimum absolute atomic E-state index is 0.0829. The van der Waals surface area contributed by atoms with Crippen LogP contribution in [0.1, 0.15) is 38.2 Å². The lowest BCUT2D eigenvalue weighted by Crippen LogP contribution is -2.23. The molecule has 0 aliphatic rings. The Hall–Kier alpha value is -3.80. The number of hydrogen-bond donors (Lipinski definition) is 2. The SMILES string of the molecule is C=CCOc1c(O)c2ccc(NC(=O)C=Cc3ccccc3)cc2n(CCCCCC)c1=O. The van der Waals surface area contributed by atoms with Crippen molar-refractivity contribution in [3.05, 3.63) is 83.2 Å². The molecule has 0 atom stereocenters. The fourth-order valence-electron chi connectivity index (χ4n) is 3.60. The molecule has 0 saturated heterocycles. The Morgan fingerprint density at radius 3 is 2.67 bits per heavy atom. The summed E-state index contributed by atoms with van der Waals surface area (Å²) in [6, 6.07) is 14.6. The number of anilines is 1. The number of nitrogens with zero attached hydrogens (tertiary/aromatic N) is 1. The predicted octanol–water partition coefficient (Wildman–Crippen LogP) is 5.50. The summed E-state index contributed by atoms with van der Waals surface area (Å²) in [7, 11) is 0. The van der Waals surface area contributed by atoms with Gasteiger partial charge in [0.1, 0.15) is 6.61 Å². The number of fused-ring (bicyclic) bond motifs is 1. The van der Waals surface area contributed by atoms with Crippen molar-refractivity contribution in [3.8, 4) is 11.5 Å². The first-order chi connectivity index (χ1) is 16.0. The summed E-state index contributed by atoms with van der Waals surface area (Å²) in [6.07, 6.45) is 8.71. The van der Waals surface area contributed by atoms with Crippen LogP contribution in [0.15, 0.2) is 72.1 Å². The van der Waals surface area contributed by atoms with E-state index in [2.05, 4.69) is 18.8 Å². The lowest BCUT2D eigenvalue weighted by Gasteiger charge is -2.16. The number of nitrogens with one attached hydrogen (secondary N) is 1. The van der Waals surface area contributed by atoms with Crippen LogP contribution in [-0.4, -0.2) is 22.2 Å². The van der Waals surface area contributed by atoms with Gasteiger partial charge in [-0.1, -0.05) is 69.2 Å². The number of amides is 1. The van der Waals surface area contributed by atoms with Crippen LogP contribution in [0, 0.1) is 0 Å². The maximum absolute atomic E-state index is 13.1. The zero-order chi connectivity index (χ0) is 23.6. The van der Waals surface area contributed by atoms with Crippen LogP contribution in [0.5, 0.6) is 11.5 Å². The Labute approximate surface area is 193 Å². The molecule has 1 aromatic heterocycles. The third kappa shape index (κ3) is 6.13. The van der Waals surface area contributed by atoms with Gasteiger partial charge in [-0.2, -0.15) is 0 Å². The largest absolute Gasteiger partial charge is 0.504 e. The summed E-state index contributed by atoms with van der Waals surface area (Å²) in [6.45, 7) is 6.34. The minimum atomic E-state index is -0.397. The van der Waals surface area contributed by atoms with Crippen molar-refractivity contribution >= 4 is 28.6 Å². The molecule has 0 spiro atoms. The molecule has 3 rings (SSSR count). The molecule has 0 unspecified atom stereocenters. The van der Waals surface area contributed by atoms with E-state index in [4.69, 9.17) is 4.74 Å². The molecule has 0 saturated carbocycles. The molecule has 0 aliphatic heterocycles.